The molecule has 0 aliphatic heterocycles. The van der Waals surface area contributed by atoms with Crippen LogP contribution in [0.1, 0.15) is 43.6 Å². The molecular weight excluding hydrogens is 368 g/mol. The van der Waals surface area contributed by atoms with E-state index in [1.54, 1.807) is 24.5 Å². The van der Waals surface area contributed by atoms with Gasteiger partial charge in [0.25, 0.3) is 0 Å². The molecule has 1 aromatic carbocycles. The Balaban J connectivity index is 1.95. The van der Waals surface area contributed by atoms with E-state index in [0.717, 1.165) is 54.4 Å². The van der Waals surface area contributed by atoms with Crippen LogP contribution < -0.4 is 10.1 Å². The molecule has 1 N–H and O–H groups in total. The van der Waals surface area contributed by atoms with E-state index in [9.17, 15) is 4.79 Å². The van der Waals surface area contributed by atoms with E-state index >= 15 is 0 Å². The molecule has 2 rings (SSSR count). The summed E-state index contributed by atoms with van der Waals surface area (Å²) in [5.74, 6) is 0.756. The number of hydrogen-bond donors (Lipinski definition) is 1. The van der Waals surface area contributed by atoms with Gasteiger partial charge in [-0.15, -0.1) is 11.3 Å². The van der Waals surface area contributed by atoms with E-state index in [2.05, 4.69) is 24.1 Å². The predicted octanol–water partition coefficient (Wildman–Crippen LogP) is 5.46. The van der Waals surface area contributed by atoms with Gasteiger partial charge in [0.15, 0.2) is 0 Å². The van der Waals surface area contributed by atoms with E-state index in [4.69, 9.17) is 4.74 Å². The number of benzene rings is 1. The van der Waals surface area contributed by atoms with Gasteiger partial charge in [-0.25, -0.2) is 0 Å². The van der Waals surface area contributed by atoms with Gasteiger partial charge >= 0.3 is 0 Å². The Morgan fingerprint density at radius 3 is 2.61 bits per heavy atom. The van der Waals surface area contributed by atoms with Crippen molar-refractivity contribution in [3.8, 4) is 5.75 Å². The normalized spacial score (nSPS) is 11.3. The number of nitrogens with zero attached hydrogens (tertiary/aromatic N) is 1. The Bertz CT molecular complexity index is 735. The quantitative estimate of drug-likeness (QED) is 0.481. The van der Waals surface area contributed by atoms with Gasteiger partial charge in [0, 0.05) is 16.6 Å². The molecule has 0 aliphatic rings. The second-order valence-corrected chi connectivity index (χ2v) is 7.79. The topological polar surface area (TPSA) is 41.6 Å². The van der Waals surface area contributed by atoms with Crippen LogP contribution in [0, 0.1) is 0 Å². The number of carbonyl (C=O) groups excluding carboxylic acids is 1. The van der Waals surface area contributed by atoms with Gasteiger partial charge in [0.2, 0.25) is 5.91 Å². The summed E-state index contributed by atoms with van der Waals surface area (Å²) in [5.41, 5.74) is 1.94. The minimum atomic E-state index is -0.124. The lowest BCUT2D eigenvalue weighted by atomic mass is 10.1. The number of hydrogen-bond acceptors (Lipinski definition) is 4. The Kier molecular flexibility index (Phi) is 9.80. The van der Waals surface area contributed by atoms with Crippen molar-refractivity contribution in [1.82, 2.24) is 4.90 Å². The second kappa shape index (κ2) is 12.4. The molecule has 0 saturated heterocycles. The van der Waals surface area contributed by atoms with Crippen LogP contribution in [0.2, 0.25) is 0 Å². The monoisotopic (exact) mass is 400 g/mol. The summed E-state index contributed by atoms with van der Waals surface area (Å²) in [5, 5.41) is 4.94. The zero-order chi connectivity index (χ0) is 20.2. The Labute approximate surface area is 173 Å². The van der Waals surface area contributed by atoms with Crippen LogP contribution >= 0.6 is 11.3 Å². The number of anilines is 1. The van der Waals surface area contributed by atoms with Crippen LogP contribution in [0.5, 0.6) is 5.75 Å². The highest BCUT2D eigenvalue weighted by molar-refractivity contribution is 7.10. The Hall–Kier alpha value is -2.11. The van der Waals surface area contributed by atoms with Gasteiger partial charge in [-0.05, 0) is 86.6 Å². The number of aryl methyl sites for hydroxylation is 1. The van der Waals surface area contributed by atoms with Gasteiger partial charge < -0.3 is 15.0 Å². The third kappa shape index (κ3) is 7.49. The molecule has 1 aromatic heterocycles. The molecule has 1 heterocycles. The molecule has 5 heteroatoms. The van der Waals surface area contributed by atoms with Gasteiger partial charge in [-0.1, -0.05) is 19.9 Å². The summed E-state index contributed by atoms with van der Waals surface area (Å²) in [6.07, 6.45) is 7.78. The van der Waals surface area contributed by atoms with Crippen LogP contribution in [0.4, 0.5) is 5.69 Å². The molecule has 0 fully saturated rings. The maximum Gasteiger partial charge on any atom is 0.248 e. The third-order valence-corrected chi connectivity index (χ3v) is 5.33. The number of ether oxygens (including phenoxy) is 1. The maximum absolute atomic E-state index is 12.2. The average molecular weight is 401 g/mol. The third-order valence-electron chi connectivity index (χ3n) is 4.49. The number of amides is 1. The maximum atomic E-state index is 12.2. The first-order valence-electron chi connectivity index (χ1n) is 10.1. The molecule has 1 amide bonds. The van der Waals surface area contributed by atoms with E-state index in [0.29, 0.717) is 0 Å². The van der Waals surface area contributed by atoms with Crippen molar-refractivity contribution >= 4 is 29.0 Å². The minimum absolute atomic E-state index is 0.124. The van der Waals surface area contributed by atoms with Crippen LogP contribution in [0.3, 0.4) is 0 Å². The lowest BCUT2D eigenvalue weighted by Crippen LogP contribution is -2.26. The highest BCUT2D eigenvalue weighted by Gasteiger charge is 2.08. The minimum Gasteiger partial charge on any atom is -0.496 e. The Morgan fingerprint density at radius 2 is 1.96 bits per heavy atom. The van der Waals surface area contributed by atoms with Crippen molar-refractivity contribution in [2.45, 2.75) is 39.5 Å². The van der Waals surface area contributed by atoms with E-state index in [-0.39, 0.29) is 5.91 Å². The molecule has 0 aliphatic carbocycles. The fraction of sp³-hybridized carbons (Fsp3) is 0.435. The average Bonchev–Trinajstić information content (AvgIpc) is 3.21. The van der Waals surface area contributed by atoms with Crippen molar-refractivity contribution in [2.75, 3.05) is 32.1 Å². The van der Waals surface area contributed by atoms with Crippen LogP contribution in [0.25, 0.3) is 6.08 Å². The summed E-state index contributed by atoms with van der Waals surface area (Å²) < 4.78 is 5.52. The summed E-state index contributed by atoms with van der Waals surface area (Å²) in [6, 6.07) is 9.81. The van der Waals surface area contributed by atoms with Crippen molar-refractivity contribution in [1.29, 1.82) is 0 Å². The van der Waals surface area contributed by atoms with Gasteiger partial charge in [0.05, 0.1) is 7.11 Å². The first-order chi connectivity index (χ1) is 13.7. The zero-order valence-corrected chi connectivity index (χ0v) is 18.1. The highest BCUT2D eigenvalue weighted by Crippen LogP contribution is 2.24. The summed E-state index contributed by atoms with van der Waals surface area (Å²) >= 11 is 1.61. The molecule has 0 unspecified atom stereocenters. The molecule has 28 heavy (non-hydrogen) atoms. The van der Waals surface area contributed by atoms with Gasteiger partial charge in [-0.2, -0.15) is 0 Å². The molecule has 0 saturated carbocycles. The van der Waals surface area contributed by atoms with Crippen molar-refractivity contribution in [2.24, 2.45) is 0 Å². The molecule has 0 radical (unpaired) electrons. The standard InChI is InChI=1S/C23H32N2O2S/c1-4-14-25(15-5-2)16-6-8-19-18-20(10-12-22(19)27-3)24-23(26)13-11-21-9-7-17-28-21/h7,9-13,17-18H,4-6,8,14-16H2,1-3H3,(H,24,26). The smallest absolute Gasteiger partial charge is 0.248 e. The fourth-order valence-corrected chi connectivity index (χ4v) is 3.86. The largest absolute Gasteiger partial charge is 0.496 e. The van der Waals surface area contributed by atoms with E-state index < -0.39 is 0 Å². The predicted molar refractivity (Wildman–Crippen MR) is 120 cm³/mol. The van der Waals surface area contributed by atoms with Crippen molar-refractivity contribution in [3.05, 3.63) is 52.2 Å². The number of rotatable bonds is 12. The molecular formula is C23H32N2O2S. The molecule has 0 bridgehead atoms. The van der Waals surface area contributed by atoms with Crippen LogP contribution in [-0.4, -0.2) is 37.6 Å². The molecule has 0 spiro atoms. The number of methoxy groups -OCH3 is 1. The molecule has 2 aromatic rings. The lowest BCUT2D eigenvalue weighted by Gasteiger charge is -2.21. The second-order valence-electron chi connectivity index (χ2n) is 6.81. The summed E-state index contributed by atoms with van der Waals surface area (Å²) in [6.45, 7) is 7.84. The number of nitrogens with one attached hydrogen (secondary N) is 1. The first kappa shape index (κ1) is 22.2. The van der Waals surface area contributed by atoms with Crippen LogP contribution in [0.15, 0.2) is 41.8 Å². The lowest BCUT2D eigenvalue weighted by molar-refractivity contribution is -0.111. The SMILES string of the molecule is CCCN(CCC)CCCc1cc(NC(=O)C=Cc2cccs2)ccc1OC. The molecule has 152 valence electrons. The van der Waals surface area contributed by atoms with Gasteiger partial charge in [0.1, 0.15) is 5.75 Å². The number of thiophene rings is 1. The first-order valence-corrected chi connectivity index (χ1v) is 11.0. The number of carbonyl (C=O) groups is 1. The van der Waals surface area contributed by atoms with E-state index in [1.165, 1.54) is 12.8 Å². The fourth-order valence-electron chi connectivity index (χ4n) is 3.24. The molecule has 4 nitrogen and oxygen atoms in total. The van der Waals surface area contributed by atoms with Gasteiger partial charge in [-0.3, -0.25) is 4.79 Å². The van der Waals surface area contributed by atoms with Crippen molar-refractivity contribution < 1.29 is 9.53 Å². The molecule has 0 atom stereocenters. The Morgan fingerprint density at radius 1 is 1.18 bits per heavy atom. The van der Waals surface area contributed by atoms with E-state index in [1.807, 2.05) is 41.8 Å². The van der Waals surface area contributed by atoms with Crippen LogP contribution in [-0.2, 0) is 11.2 Å². The highest BCUT2D eigenvalue weighted by atomic mass is 32.1. The summed E-state index contributed by atoms with van der Waals surface area (Å²) in [4.78, 5) is 15.8. The van der Waals surface area contributed by atoms with Crippen molar-refractivity contribution in [3.63, 3.8) is 0 Å². The summed E-state index contributed by atoms with van der Waals surface area (Å²) in [7, 11) is 1.70. The zero-order valence-electron chi connectivity index (χ0n) is 17.2.